The van der Waals surface area contributed by atoms with Gasteiger partial charge in [-0.1, -0.05) is 0 Å². The Labute approximate surface area is 155 Å². The molecule has 1 aliphatic heterocycles. The van der Waals surface area contributed by atoms with Crippen LogP contribution in [0.4, 0.5) is 5.82 Å². The number of nitrogens with zero attached hydrogens (tertiary/aromatic N) is 7. The highest BCUT2D eigenvalue weighted by Gasteiger charge is 2.46. The molecule has 1 aliphatic rings. The van der Waals surface area contributed by atoms with Crippen molar-refractivity contribution in [1.82, 2.24) is 29.3 Å². The second-order valence-electron chi connectivity index (χ2n) is 6.68. The summed E-state index contributed by atoms with van der Waals surface area (Å²) in [6, 6.07) is 0. The van der Waals surface area contributed by atoms with E-state index in [1.54, 1.807) is 30.2 Å². The molecule has 3 N–H and O–H groups in total. The minimum absolute atomic E-state index is 0.190. The van der Waals surface area contributed by atoms with Crippen LogP contribution in [0.3, 0.4) is 0 Å². The van der Waals surface area contributed by atoms with Gasteiger partial charge in [-0.3, -0.25) is 4.57 Å². The van der Waals surface area contributed by atoms with Crippen LogP contribution in [0.15, 0.2) is 29.6 Å². The van der Waals surface area contributed by atoms with Crippen molar-refractivity contribution >= 4 is 23.3 Å². The first kappa shape index (κ1) is 19.0. The Morgan fingerprint density at radius 2 is 1.89 bits per heavy atom. The Bertz CT molecular complexity index is 864. The van der Waals surface area contributed by atoms with Gasteiger partial charge in [-0.25, -0.2) is 19.9 Å². The molecule has 2 aromatic rings. The minimum Gasteiger partial charge on any atom is -0.508 e. The van der Waals surface area contributed by atoms with E-state index in [9.17, 15) is 15.3 Å². The normalized spacial score (nSPS) is 26.2. The van der Waals surface area contributed by atoms with Crippen molar-refractivity contribution in [1.29, 1.82) is 0 Å². The summed E-state index contributed by atoms with van der Waals surface area (Å²) in [4.78, 5) is 20.2. The van der Waals surface area contributed by atoms with Crippen LogP contribution in [0, 0.1) is 0 Å². The van der Waals surface area contributed by atoms with E-state index < -0.39 is 24.5 Å². The lowest BCUT2D eigenvalue weighted by Gasteiger charge is -2.16. The molecule has 0 amide bonds. The van der Waals surface area contributed by atoms with Gasteiger partial charge in [0.05, 0.1) is 12.7 Å². The lowest BCUT2D eigenvalue weighted by molar-refractivity contribution is -0.0346. The highest BCUT2D eigenvalue weighted by Crippen LogP contribution is 2.34. The first-order chi connectivity index (χ1) is 12.8. The third-order valence-electron chi connectivity index (χ3n) is 3.94. The third-order valence-corrected chi connectivity index (χ3v) is 3.94. The van der Waals surface area contributed by atoms with Gasteiger partial charge >= 0.3 is 0 Å². The Balaban J connectivity index is 1.95. The molecule has 2 aromatic heterocycles. The zero-order valence-electron chi connectivity index (χ0n) is 15.5. The van der Waals surface area contributed by atoms with Gasteiger partial charge in [-0.2, -0.15) is 0 Å². The fraction of sp³-hybridized carbons (Fsp3) is 0.500. The van der Waals surface area contributed by atoms with E-state index in [1.165, 1.54) is 23.4 Å². The molecule has 0 aromatic carbocycles. The van der Waals surface area contributed by atoms with Crippen LogP contribution in [0.1, 0.15) is 6.23 Å². The summed E-state index contributed by atoms with van der Waals surface area (Å²) in [6.07, 6.45) is 1.12. The van der Waals surface area contributed by atoms with Crippen LogP contribution < -0.4 is 0 Å². The standard InChI is InChI=1S/C16H23N7O4/c1-21(2)5-9(24)13-11(25)12(26)16(27-13)23-8-19-10-14(20-7-22(3)4)17-6-18-15(10)23/h5-8,11-13,16,24-26H,1-4H3/t11-,12+,13+,16+/m0/s1. The average Bonchev–Trinajstić information content (AvgIpc) is 3.15. The van der Waals surface area contributed by atoms with Crippen LogP contribution in [0.5, 0.6) is 0 Å². The summed E-state index contributed by atoms with van der Waals surface area (Å²) in [5.74, 6) is 0.178. The molecule has 1 saturated heterocycles. The van der Waals surface area contributed by atoms with Crippen molar-refractivity contribution in [2.24, 2.45) is 4.99 Å². The molecule has 0 saturated carbocycles. The molecule has 3 rings (SSSR count). The second-order valence-corrected chi connectivity index (χ2v) is 6.68. The van der Waals surface area contributed by atoms with Crippen molar-refractivity contribution in [3.63, 3.8) is 0 Å². The predicted molar refractivity (Wildman–Crippen MR) is 97.5 cm³/mol. The van der Waals surface area contributed by atoms with Crippen molar-refractivity contribution < 1.29 is 20.1 Å². The number of ether oxygens (including phenoxy) is 1. The molecule has 0 aliphatic carbocycles. The molecule has 4 atom stereocenters. The van der Waals surface area contributed by atoms with Gasteiger partial charge in [0.15, 0.2) is 23.2 Å². The topological polar surface area (TPSA) is 132 Å². The lowest BCUT2D eigenvalue weighted by atomic mass is 10.1. The zero-order valence-corrected chi connectivity index (χ0v) is 15.5. The summed E-state index contributed by atoms with van der Waals surface area (Å²) >= 11 is 0. The first-order valence-electron chi connectivity index (χ1n) is 8.26. The van der Waals surface area contributed by atoms with Crippen LogP contribution >= 0.6 is 0 Å². The van der Waals surface area contributed by atoms with E-state index >= 15 is 0 Å². The van der Waals surface area contributed by atoms with Crippen molar-refractivity contribution in [2.45, 2.75) is 24.5 Å². The quantitative estimate of drug-likeness (QED) is 0.362. The third kappa shape index (κ3) is 3.70. The fourth-order valence-corrected chi connectivity index (χ4v) is 2.76. The van der Waals surface area contributed by atoms with Gasteiger partial charge in [0, 0.05) is 34.4 Å². The van der Waals surface area contributed by atoms with Crippen LogP contribution in [0.2, 0.25) is 0 Å². The molecule has 0 bridgehead atoms. The molecule has 3 heterocycles. The van der Waals surface area contributed by atoms with Crippen LogP contribution in [-0.2, 0) is 4.74 Å². The number of rotatable bonds is 5. The Kier molecular flexibility index (Phi) is 5.26. The lowest BCUT2D eigenvalue weighted by Crippen LogP contribution is -2.32. The maximum Gasteiger partial charge on any atom is 0.184 e. The van der Waals surface area contributed by atoms with E-state index in [0.29, 0.717) is 17.0 Å². The summed E-state index contributed by atoms with van der Waals surface area (Å²) in [6.45, 7) is 0. The molecular formula is C16H23N7O4. The Morgan fingerprint density at radius 3 is 2.56 bits per heavy atom. The van der Waals surface area contributed by atoms with E-state index in [-0.39, 0.29) is 5.76 Å². The molecule has 27 heavy (non-hydrogen) atoms. The second kappa shape index (κ2) is 7.47. The number of fused-ring (bicyclic) bond motifs is 1. The highest BCUT2D eigenvalue weighted by molar-refractivity contribution is 5.82. The summed E-state index contributed by atoms with van der Waals surface area (Å²) in [5.41, 5.74) is 0.821. The number of aromatic nitrogens is 4. The van der Waals surface area contributed by atoms with Crippen LogP contribution in [-0.4, -0.2) is 97.5 Å². The van der Waals surface area contributed by atoms with Crippen molar-refractivity contribution in [3.05, 3.63) is 24.6 Å². The molecule has 0 radical (unpaired) electrons. The Morgan fingerprint density at radius 1 is 1.15 bits per heavy atom. The summed E-state index contributed by atoms with van der Waals surface area (Å²) < 4.78 is 7.20. The first-order valence-corrected chi connectivity index (χ1v) is 8.26. The Hall–Kier alpha value is -2.76. The summed E-state index contributed by atoms with van der Waals surface area (Å²) in [7, 11) is 7.11. The fourth-order valence-electron chi connectivity index (χ4n) is 2.76. The number of aliphatic hydroxyl groups is 3. The van der Waals surface area contributed by atoms with E-state index in [0.717, 1.165) is 0 Å². The monoisotopic (exact) mass is 377 g/mol. The SMILES string of the molecule is CN(C)C=Nc1ncnc2c1ncn2[C@@H]1O[C@H](C(O)=CN(C)C)[C@@H](O)[C@H]1O. The van der Waals surface area contributed by atoms with E-state index in [4.69, 9.17) is 4.74 Å². The predicted octanol–water partition coefficient (Wildman–Crippen LogP) is -0.372. The number of hydrogen-bond donors (Lipinski definition) is 3. The molecule has 11 nitrogen and oxygen atoms in total. The van der Waals surface area contributed by atoms with E-state index in [2.05, 4.69) is 19.9 Å². The van der Waals surface area contributed by atoms with E-state index in [1.807, 2.05) is 14.1 Å². The van der Waals surface area contributed by atoms with Gasteiger partial charge in [-0.15, -0.1) is 0 Å². The van der Waals surface area contributed by atoms with Gasteiger partial charge < -0.3 is 29.9 Å². The largest absolute Gasteiger partial charge is 0.508 e. The average molecular weight is 377 g/mol. The van der Waals surface area contributed by atoms with Crippen LogP contribution in [0.25, 0.3) is 11.2 Å². The summed E-state index contributed by atoms with van der Waals surface area (Å²) in [5, 5.41) is 30.9. The van der Waals surface area contributed by atoms with Gasteiger partial charge in [0.25, 0.3) is 0 Å². The maximum atomic E-state index is 10.4. The zero-order chi connectivity index (χ0) is 19.7. The number of aliphatic imine (C=N–C) groups is 1. The molecule has 11 heteroatoms. The van der Waals surface area contributed by atoms with Crippen molar-refractivity contribution in [2.75, 3.05) is 28.2 Å². The van der Waals surface area contributed by atoms with Crippen molar-refractivity contribution in [3.8, 4) is 0 Å². The smallest absolute Gasteiger partial charge is 0.184 e. The number of imidazole rings is 1. The minimum atomic E-state index is -1.31. The molecular weight excluding hydrogens is 354 g/mol. The molecule has 0 unspecified atom stereocenters. The molecule has 146 valence electrons. The van der Waals surface area contributed by atoms with Gasteiger partial charge in [0.2, 0.25) is 0 Å². The number of hydrogen-bond acceptors (Lipinski definition) is 9. The molecule has 1 fully saturated rings. The highest BCUT2D eigenvalue weighted by atomic mass is 16.6. The molecule has 0 spiro atoms. The van der Waals surface area contributed by atoms with Gasteiger partial charge in [0.1, 0.15) is 30.4 Å². The van der Waals surface area contributed by atoms with Gasteiger partial charge in [-0.05, 0) is 0 Å². The number of aliphatic hydroxyl groups excluding tert-OH is 3. The maximum absolute atomic E-state index is 10.4.